The zero-order chi connectivity index (χ0) is 19.7. The number of carbonyl (C=O) groups excluding carboxylic acids is 1. The summed E-state index contributed by atoms with van der Waals surface area (Å²) in [6.07, 6.45) is -1.38. The van der Waals surface area contributed by atoms with E-state index in [2.05, 4.69) is 15.4 Å². The molecule has 1 amide bonds. The number of imidazole rings is 1. The predicted molar refractivity (Wildman–Crippen MR) is 96.9 cm³/mol. The summed E-state index contributed by atoms with van der Waals surface area (Å²) in [5, 5.41) is 6.77. The fraction of sp³-hybridized carbons (Fsp3) is 0.105. The third-order valence-electron chi connectivity index (χ3n) is 4.14. The molecule has 0 fully saturated rings. The fourth-order valence-electron chi connectivity index (χ4n) is 2.83. The maximum absolute atomic E-state index is 12.9. The number of hydrogen-bond acceptors (Lipinski definition) is 3. The molecule has 9 heteroatoms. The second kappa shape index (κ2) is 6.84. The molecule has 6 nitrogen and oxygen atoms in total. The number of halogens is 3. The Hall–Kier alpha value is -3.62. The number of nitrogens with one attached hydrogen (secondary N) is 1. The predicted octanol–water partition coefficient (Wildman–Crippen LogP) is 3.88. The third-order valence-corrected chi connectivity index (χ3v) is 4.14. The van der Waals surface area contributed by atoms with E-state index in [-0.39, 0.29) is 24.0 Å². The first-order valence-corrected chi connectivity index (χ1v) is 8.33. The molecule has 0 saturated carbocycles. The molecule has 0 unspecified atom stereocenters. The Bertz CT molecular complexity index is 1150. The molecule has 28 heavy (non-hydrogen) atoms. The summed E-state index contributed by atoms with van der Waals surface area (Å²) < 4.78 is 41.6. The molecule has 4 aromatic rings. The van der Waals surface area contributed by atoms with E-state index in [1.165, 1.54) is 29.1 Å². The molecule has 0 atom stereocenters. The summed E-state index contributed by atoms with van der Waals surface area (Å²) in [7, 11) is 0. The second-order valence-electron chi connectivity index (χ2n) is 6.10. The Morgan fingerprint density at radius 1 is 1.07 bits per heavy atom. The molecule has 1 N–H and O–H groups in total. The van der Waals surface area contributed by atoms with Crippen molar-refractivity contribution in [3.05, 3.63) is 72.7 Å². The Balaban J connectivity index is 1.48. The molecule has 0 radical (unpaired) electrons. The van der Waals surface area contributed by atoms with Crippen LogP contribution in [0.3, 0.4) is 0 Å². The monoisotopic (exact) mass is 385 g/mol. The van der Waals surface area contributed by atoms with Crippen LogP contribution in [0.2, 0.25) is 0 Å². The Morgan fingerprint density at radius 2 is 1.89 bits per heavy atom. The Kier molecular flexibility index (Phi) is 4.34. The highest BCUT2D eigenvalue weighted by atomic mass is 19.4. The van der Waals surface area contributed by atoms with E-state index in [4.69, 9.17) is 0 Å². The quantitative estimate of drug-likeness (QED) is 0.580. The maximum atomic E-state index is 12.9. The third kappa shape index (κ3) is 3.59. The first-order valence-electron chi connectivity index (χ1n) is 8.33. The summed E-state index contributed by atoms with van der Waals surface area (Å²) in [6, 6.07) is 13.7. The van der Waals surface area contributed by atoms with Crippen molar-refractivity contribution in [3.63, 3.8) is 0 Å². The van der Waals surface area contributed by atoms with Crippen LogP contribution in [0.25, 0.3) is 16.7 Å². The number of alkyl halides is 3. The van der Waals surface area contributed by atoms with Crippen LogP contribution >= 0.6 is 0 Å². The first kappa shape index (κ1) is 17.8. The lowest BCUT2D eigenvalue weighted by atomic mass is 10.2. The number of nitrogens with zero attached hydrogens (tertiary/aromatic N) is 4. The van der Waals surface area contributed by atoms with Crippen molar-refractivity contribution in [3.8, 4) is 5.69 Å². The van der Waals surface area contributed by atoms with E-state index in [1.54, 1.807) is 10.9 Å². The summed E-state index contributed by atoms with van der Waals surface area (Å²) in [6.45, 7) is 0.0386. The van der Waals surface area contributed by atoms with E-state index >= 15 is 0 Å². The maximum Gasteiger partial charge on any atom is 0.416 e. The van der Waals surface area contributed by atoms with Gasteiger partial charge in [0.1, 0.15) is 6.54 Å². The zero-order valence-corrected chi connectivity index (χ0v) is 14.4. The van der Waals surface area contributed by atoms with Crippen molar-refractivity contribution in [2.24, 2.45) is 0 Å². The summed E-state index contributed by atoms with van der Waals surface area (Å²) in [5.41, 5.74) is 1.09. The number of rotatable bonds is 4. The highest BCUT2D eigenvalue weighted by Gasteiger charge is 2.30. The lowest BCUT2D eigenvalue weighted by molar-refractivity contribution is -0.137. The summed E-state index contributed by atoms with van der Waals surface area (Å²) in [5.74, 6) is -0.0794. The molecule has 0 saturated heterocycles. The van der Waals surface area contributed by atoms with E-state index < -0.39 is 11.7 Å². The summed E-state index contributed by atoms with van der Waals surface area (Å²) >= 11 is 0. The van der Waals surface area contributed by atoms with Crippen molar-refractivity contribution in [1.82, 2.24) is 19.3 Å². The van der Waals surface area contributed by atoms with Gasteiger partial charge in [0.25, 0.3) is 0 Å². The highest BCUT2D eigenvalue weighted by molar-refractivity contribution is 5.90. The van der Waals surface area contributed by atoms with Gasteiger partial charge in [0.15, 0.2) is 5.82 Å². The van der Waals surface area contributed by atoms with E-state index in [9.17, 15) is 18.0 Å². The number of fused-ring (bicyclic) bond motifs is 1. The molecule has 142 valence electrons. The highest BCUT2D eigenvalue weighted by Crippen LogP contribution is 2.30. The van der Waals surface area contributed by atoms with Crippen LogP contribution in [0.5, 0.6) is 0 Å². The molecule has 0 bridgehead atoms. The number of aromatic nitrogens is 4. The molecule has 0 aliphatic rings. The average Bonchev–Trinajstić information content (AvgIpc) is 3.29. The van der Waals surface area contributed by atoms with Crippen molar-refractivity contribution in [2.75, 3.05) is 5.32 Å². The molecule has 2 aromatic carbocycles. The number of para-hydroxylation sites is 2. The number of hydrogen-bond donors (Lipinski definition) is 1. The SMILES string of the molecule is O=C(Cn1cnc2ccccc21)Nc1ccn(-c2cccc(C(F)(F)F)c2)n1. The molecule has 0 spiro atoms. The van der Waals surface area contributed by atoms with Crippen molar-refractivity contribution in [2.45, 2.75) is 12.7 Å². The van der Waals surface area contributed by atoms with Gasteiger partial charge in [-0.1, -0.05) is 18.2 Å². The van der Waals surface area contributed by atoms with Gasteiger partial charge in [-0.25, -0.2) is 9.67 Å². The van der Waals surface area contributed by atoms with Crippen molar-refractivity contribution >= 4 is 22.8 Å². The van der Waals surface area contributed by atoms with Crippen molar-refractivity contribution < 1.29 is 18.0 Å². The topological polar surface area (TPSA) is 64.7 Å². The van der Waals surface area contributed by atoms with E-state index in [0.29, 0.717) is 0 Å². The van der Waals surface area contributed by atoms with Crippen molar-refractivity contribution in [1.29, 1.82) is 0 Å². The van der Waals surface area contributed by atoms with Gasteiger partial charge in [0.2, 0.25) is 5.91 Å². The smallest absolute Gasteiger partial charge is 0.321 e. The van der Waals surface area contributed by atoms with Gasteiger partial charge in [-0.15, -0.1) is 0 Å². The molecular weight excluding hydrogens is 371 g/mol. The first-order chi connectivity index (χ1) is 13.4. The van der Waals surface area contributed by atoms with Gasteiger partial charge < -0.3 is 9.88 Å². The average molecular weight is 385 g/mol. The largest absolute Gasteiger partial charge is 0.416 e. The number of amides is 1. The molecule has 2 heterocycles. The second-order valence-corrected chi connectivity index (χ2v) is 6.10. The lowest BCUT2D eigenvalue weighted by Gasteiger charge is -2.08. The Labute approximate surface area is 157 Å². The van der Waals surface area contributed by atoms with Gasteiger partial charge in [-0.3, -0.25) is 4.79 Å². The normalized spacial score (nSPS) is 11.7. The van der Waals surface area contributed by atoms with E-state index in [1.807, 2.05) is 24.3 Å². The lowest BCUT2D eigenvalue weighted by Crippen LogP contribution is -2.18. The van der Waals surface area contributed by atoms with Crippen LogP contribution < -0.4 is 5.32 Å². The zero-order valence-electron chi connectivity index (χ0n) is 14.4. The van der Waals surface area contributed by atoms with Crippen LogP contribution in [-0.2, 0) is 17.5 Å². The number of anilines is 1. The van der Waals surface area contributed by atoms with Crippen LogP contribution in [0.4, 0.5) is 19.0 Å². The van der Waals surface area contributed by atoms with Gasteiger partial charge >= 0.3 is 6.18 Å². The minimum atomic E-state index is -4.44. The van der Waals surface area contributed by atoms with Gasteiger partial charge in [0, 0.05) is 12.3 Å². The molecule has 0 aliphatic carbocycles. The van der Waals surface area contributed by atoms with Gasteiger partial charge in [-0.2, -0.15) is 18.3 Å². The minimum Gasteiger partial charge on any atom is -0.321 e. The van der Waals surface area contributed by atoms with Crippen LogP contribution in [-0.4, -0.2) is 25.2 Å². The standard InChI is InChI=1S/C19H14F3N5O/c20-19(21,22)13-4-3-5-14(10-13)27-9-8-17(25-27)24-18(28)11-26-12-23-15-6-1-2-7-16(15)26/h1-10,12H,11H2,(H,24,25,28). The van der Waals surface area contributed by atoms with Crippen LogP contribution in [0.1, 0.15) is 5.56 Å². The van der Waals surface area contributed by atoms with Gasteiger partial charge in [0.05, 0.1) is 28.6 Å². The molecule has 4 rings (SSSR count). The Morgan fingerprint density at radius 3 is 2.71 bits per heavy atom. The molecule has 2 aromatic heterocycles. The molecule has 0 aliphatic heterocycles. The number of benzene rings is 2. The number of carbonyl (C=O) groups is 1. The van der Waals surface area contributed by atoms with Crippen LogP contribution in [0.15, 0.2) is 67.1 Å². The van der Waals surface area contributed by atoms with Gasteiger partial charge in [-0.05, 0) is 30.3 Å². The fourth-order valence-corrected chi connectivity index (χ4v) is 2.83. The molecular formula is C19H14F3N5O. The van der Waals surface area contributed by atoms with Crippen LogP contribution in [0, 0.1) is 0 Å². The minimum absolute atomic E-state index is 0.0386. The van der Waals surface area contributed by atoms with E-state index in [0.717, 1.165) is 23.2 Å². The summed E-state index contributed by atoms with van der Waals surface area (Å²) in [4.78, 5) is 16.5.